The van der Waals surface area contributed by atoms with Crippen LogP contribution in [-0.4, -0.2) is 33.3 Å². The number of ether oxygens (including phenoxy) is 2. The van der Waals surface area contributed by atoms with Crippen molar-refractivity contribution in [3.05, 3.63) is 47.5 Å². The zero-order valence-electron chi connectivity index (χ0n) is 15.1. The summed E-state index contributed by atoms with van der Waals surface area (Å²) in [6.07, 6.45) is -3.64. The van der Waals surface area contributed by atoms with Crippen molar-refractivity contribution in [3.8, 4) is 17.2 Å². The average Bonchev–Trinajstić information content (AvgIpc) is 2.94. The van der Waals surface area contributed by atoms with Crippen molar-refractivity contribution in [2.75, 3.05) is 32.1 Å². The zero-order chi connectivity index (χ0) is 19.2. The predicted molar refractivity (Wildman–Crippen MR) is 96.9 cm³/mol. The van der Waals surface area contributed by atoms with Crippen molar-refractivity contribution in [1.82, 2.24) is 5.32 Å². The Morgan fingerprint density at radius 2 is 1.89 bits per heavy atom. The summed E-state index contributed by atoms with van der Waals surface area (Å²) in [4.78, 5) is 1.79. The molecule has 1 fully saturated rings. The number of benzene rings is 2. The Kier molecular flexibility index (Phi) is 4.42. The van der Waals surface area contributed by atoms with Crippen molar-refractivity contribution < 1.29 is 22.6 Å². The molecule has 0 unspecified atom stereocenters. The summed E-state index contributed by atoms with van der Waals surface area (Å²) >= 11 is 0. The first-order valence-corrected chi connectivity index (χ1v) is 8.89. The van der Waals surface area contributed by atoms with E-state index >= 15 is 0 Å². The molecule has 0 saturated carbocycles. The van der Waals surface area contributed by atoms with Crippen LogP contribution in [0.1, 0.15) is 23.5 Å². The summed E-state index contributed by atoms with van der Waals surface area (Å²) in [7, 11) is 3.25. The smallest absolute Gasteiger partial charge is 0.418 e. The fraction of sp³-hybridized carbons (Fsp3) is 0.400. The molecule has 2 aliphatic heterocycles. The zero-order valence-corrected chi connectivity index (χ0v) is 15.1. The molecule has 4 nitrogen and oxygen atoms in total. The molecule has 0 spiro atoms. The van der Waals surface area contributed by atoms with Crippen molar-refractivity contribution in [2.24, 2.45) is 0 Å². The molecule has 2 atom stereocenters. The van der Waals surface area contributed by atoms with Crippen LogP contribution in [0, 0.1) is 0 Å². The first-order valence-electron chi connectivity index (χ1n) is 8.89. The van der Waals surface area contributed by atoms with E-state index in [1.165, 1.54) is 7.11 Å². The van der Waals surface area contributed by atoms with Gasteiger partial charge in [-0.15, -0.1) is 0 Å². The van der Waals surface area contributed by atoms with Crippen molar-refractivity contribution >= 4 is 5.69 Å². The number of piperidine rings is 1. The Labute approximate surface area is 155 Å². The Hall–Kier alpha value is -2.41. The molecule has 0 amide bonds. The number of halogens is 3. The molecule has 7 heteroatoms. The fourth-order valence-corrected chi connectivity index (χ4v) is 4.20. The van der Waals surface area contributed by atoms with E-state index < -0.39 is 11.7 Å². The highest BCUT2D eigenvalue weighted by Crippen LogP contribution is 2.51. The van der Waals surface area contributed by atoms with Gasteiger partial charge in [0, 0.05) is 25.6 Å². The molecule has 1 saturated heterocycles. The molecule has 1 N–H and O–H groups in total. The second-order valence-electron chi connectivity index (χ2n) is 6.94. The van der Waals surface area contributed by atoms with Gasteiger partial charge < -0.3 is 19.7 Å². The highest BCUT2D eigenvalue weighted by Gasteiger charge is 2.45. The number of methoxy groups -OCH3 is 1. The van der Waals surface area contributed by atoms with Gasteiger partial charge in [-0.25, -0.2) is 0 Å². The van der Waals surface area contributed by atoms with Crippen molar-refractivity contribution in [3.63, 3.8) is 0 Å². The van der Waals surface area contributed by atoms with Gasteiger partial charge in [-0.2, -0.15) is 13.2 Å². The summed E-state index contributed by atoms with van der Waals surface area (Å²) in [5.41, 5.74) is 0.310. The third-order valence-corrected chi connectivity index (χ3v) is 5.41. The number of likely N-dealkylation sites (N-methyl/N-ethyl adjacent to an activating group) is 1. The lowest BCUT2D eigenvalue weighted by atomic mass is 9.89. The van der Waals surface area contributed by atoms with Crippen LogP contribution in [0.5, 0.6) is 17.2 Å². The quantitative estimate of drug-likeness (QED) is 0.858. The maximum Gasteiger partial charge on any atom is 0.418 e. The lowest BCUT2D eigenvalue weighted by Crippen LogP contribution is -2.42. The van der Waals surface area contributed by atoms with Gasteiger partial charge >= 0.3 is 6.18 Å². The second kappa shape index (κ2) is 6.64. The number of nitrogens with zero attached hydrogens (tertiary/aromatic N) is 1. The molecule has 2 heterocycles. The molecule has 0 bridgehead atoms. The lowest BCUT2D eigenvalue weighted by Gasteiger charge is -2.31. The molecule has 0 radical (unpaired) electrons. The van der Waals surface area contributed by atoms with Crippen molar-refractivity contribution in [2.45, 2.75) is 24.6 Å². The van der Waals surface area contributed by atoms with Gasteiger partial charge in [0.25, 0.3) is 0 Å². The summed E-state index contributed by atoms with van der Waals surface area (Å²) in [5.74, 6) is 1.05. The van der Waals surface area contributed by atoms with Gasteiger partial charge in [0.05, 0.1) is 18.4 Å². The molecule has 2 aromatic rings. The fourth-order valence-electron chi connectivity index (χ4n) is 4.20. The predicted octanol–water partition coefficient (Wildman–Crippen LogP) is 4.40. The largest absolute Gasteiger partial charge is 0.493 e. The minimum Gasteiger partial charge on any atom is -0.493 e. The van der Waals surface area contributed by atoms with Crippen LogP contribution in [0.15, 0.2) is 36.4 Å². The van der Waals surface area contributed by atoms with E-state index in [0.717, 1.165) is 19.0 Å². The Bertz CT molecular complexity index is 854. The Morgan fingerprint density at radius 3 is 2.59 bits per heavy atom. The van der Waals surface area contributed by atoms with Crippen LogP contribution in [0.3, 0.4) is 0 Å². The van der Waals surface area contributed by atoms with E-state index in [1.54, 1.807) is 42.3 Å². The van der Waals surface area contributed by atoms with Gasteiger partial charge in [0.15, 0.2) is 11.5 Å². The van der Waals surface area contributed by atoms with Crippen LogP contribution >= 0.6 is 0 Å². The second-order valence-corrected chi connectivity index (χ2v) is 6.94. The summed E-state index contributed by atoms with van der Waals surface area (Å²) in [5, 5.41) is 3.29. The average molecular weight is 378 g/mol. The normalized spacial score (nSPS) is 21.6. The monoisotopic (exact) mass is 378 g/mol. The van der Waals surface area contributed by atoms with E-state index in [2.05, 4.69) is 5.32 Å². The van der Waals surface area contributed by atoms with E-state index in [0.29, 0.717) is 23.6 Å². The molecule has 2 aliphatic rings. The van der Waals surface area contributed by atoms with Crippen molar-refractivity contribution in [1.29, 1.82) is 0 Å². The number of fused-ring (bicyclic) bond motifs is 3. The topological polar surface area (TPSA) is 33.7 Å². The van der Waals surface area contributed by atoms with Gasteiger partial charge in [-0.3, -0.25) is 0 Å². The SMILES string of the molecule is COc1ccccc1Oc1cc2c(c(C(F)(F)F)c1)N(C)[C@@H]1CCNC[C@H]21. The van der Waals surface area contributed by atoms with Crippen LogP contribution in [-0.2, 0) is 6.18 Å². The number of anilines is 1. The minimum atomic E-state index is -4.46. The summed E-state index contributed by atoms with van der Waals surface area (Å²) in [6, 6.07) is 9.83. The summed E-state index contributed by atoms with van der Waals surface area (Å²) < 4.78 is 52.6. The van der Waals surface area contributed by atoms with Crippen LogP contribution < -0.4 is 19.7 Å². The highest BCUT2D eigenvalue weighted by molar-refractivity contribution is 5.69. The van der Waals surface area contributed by atoms with Crippen LogP contribution in [0.2, 0.25) is 0 Å². The Morgan fingerprint density at radius 1 is 1.15 bits per heavy atom. The molecule has 0 aromatic heterocycles. The number of rotatable bonds is 3. The number of nitrogens with one attached hydrogen (secondary N) is 1. The van der Waals surface area contributed by atoms with E-state index in [-0.39, 0.29) is 23.4 Å². The minimum absolute atomic E-state index is 0.0149. The molecule has 4 rings (SSSR count). The third kappa shape index (κ3) is 3.10. The molecular weight excluding hydrogens is 357 g/mol. The first kappa shape index (κ1) is 18.0. The van der Waals surface area contributed by atoms with Gasteiger partial charge in [-0.05, 0) is 42.8 Å². The van der Waals surface area contributed by atoms with Gasteiger partial charge in [0.1, 0.15) is 5.75 Å². The third-order valence-electron chi connectivity index (χ3n) is 5.41. The summed E-state index contributed by atoms with van der Waals surface area (Å²) in [6.45, 7) is 1.48. The van der Waals surface area contributed by atoms with E-state index in [4.69, 9.17) is 9.47 Å². The maximum atomic E-state index is 13.8. The van der Waals surface area contributed by atoms with Gasteiger partial charge in [-0.1, -0.05) is 12.1 Å². The van der Waals surface area contributed by atoms with E-state index in [1.807, 2.05) is 0 Å². The van der Waals surface area contributed by atoms with Crippen LogP contribution in [0.25, 0.3) is 0 Å². The number of hydrogen-bond donors (Lipinski definition) is 1. The molecular formula is C20H21F3N2O2. The number of para-hydroxylation sites is 2. The van der Waals surface area contributed by atoms with Crippen LogP contribution in [0.4, 0.5) is 18.9 Å². The first-order chi connectivity index (χ1) is 12.9. The highest BCUT2D eigenvalue weighted by atomic mass is 19.4. The molecule has 27 heavy (non-hydrogen) atoms. The maximum absolute atomic E-state index is 13.8. The number of hydrogen-bond acceptors (Lipinski definition) is 4. The lowest BCUT2D eigenvalue weighted by molar-refractivity contribution is -0.137. The molecule has 2 aromatic carbocycles. The number of alkyl halides is 3. The Balaban J connectivity index is 1.81. The van der Waals surface area contributed by atoms with Gasteiger partial charge in [0.2, 0.25) is 0 Å². The standard InChI is InChI=1S/C20H21F3N2O2/c1-25-16-7-8-24-11-14(16)13-9-12(10-15(19(13)25)20(21,22)23)27-18-6-4-3-5-17(18)26-2/h3-6,9-10,14,16,24H,7-8,11H2,1-2H3/t14-,16-/m1/s1. The molecule has 0 aliphatic carbocycles. The van der Waals surface area contributed by atoms with E-state index in [9.17, 15) is 13.2 Å². The molecule has 144 valence electrons.